The number of aliphatic hydroxyl groups is 1. The Balaban J connectivity index is 1.40. The van der Waals surface area contributed by atoms with Crippen LogP contribution in [0.3, 0.4) is 0 Å². The Bertz CT molecular complexity index is 791. The van der Waals surface area contributed by atoms with Crippen LogP contribution in [-0.2, 0) is 23.7 Å². The molecule has 6 nitrogen and oxygen atoms in total. The van der Waals surface area contributed by atoms with E-state index in [4.69, 9.17) is 18.9 Å². The third-order valence-electron chi connectivity index (χ3n) is 8.84. The lowest BCUT2D eigenvalue weighted by Crippen LogP contribution is -2.68. The van der Waals surface area contributed by atoms with Crippen LogP contribution in [-0.4, -0.2) is 58.9 Å². The first-order valence-corrected chi connectivity index (χ1v) is 9.57. The summed E-state index contributed by atoms with van der Waals surface area (Å²) in [6, 6.07) is 0. The summed E-state index contributed by atoms with van der Waals surface area (Å²) < 4.78 is 24.1. The van der Waals surface area contributed by atoms with E-state index in [1.165, 1.54) is 0 Å². The van der Waals surface area contributed by atoms with Crippen molar-refractivity contribution in [1.29, 1.82) is 0 Å². The van der Waals surface area contributed by atoms with Crippen molar-refractivity contribution in [3.05, 3.63) is 11.1 Å². The summed E-state index contributed by atoms with van der Waals surface area (Å²) in [5, 5.41) is 11.3. The molecule has 4 aliphatic heterocycles. The summed E-state index contributed by atoms with van der Waals surface area (Å²) in [7, 11) is 0. The molecule has 0 radical (unpaired) electrons. The number of fused-ring (bicyclic) bond motifs is 4. The Hall–Kier alpha value is -0.950. The van der Waals surface area contributed by atoms with Gasteiger partial charge in [-0.1, -0.05) is 13.8 Å². The minimum Gasteiger partial charge on any atom is -0.458 e. The van der Waals surface area contributed by atoms with E-state index in [0.717, 1.165) is 36.8 Å². The molecule has 7 rings (SSSR count). The Morgan fingerprint density at radius 1 is 1.24 bits per heavy atom. The minimum absolute atomic E-state index is 0.00817. The highest BCUT2D eigenvalue weighted by molar-refractivity contribution is 5.92. The molecule has 3 aliphatic carbocycles. The fourth-order valence-electron chi connectivity index (χ4n) is 7.46. The molecule has 0 amide bonds. The number of rotatable bonds is 1. The molecule has 2 spiro atoms. The van der Waals surface area contributed by atoms with Crippen molar-refractivity contribution < 1.29 is 28.8 Å². The predicted molar refractivity (Wildman–Crippen MR) is 82.5 cm³/mol. The average molecular weight is 346 g/mol. The molecule has 2 saturated carbocycles. The highest BCUT2D eigenvalue weighted by atomic mass is 16.7. The van der Waals surface area contributed by atoms with E-state index in [1.54, 1.807) is 0 Å². The van der Waals surface area contributed by atoms with Gasteiger partial charge in [-0.15, -0.1) is 0 Å². The number of epoxide rings is 3. The van der Waals surface area contributed by atoms with E-state index in [-0.39, 0.29) is 35.6 Å². The van der Waals surface area contributed by atoms with Gasteiger partial charge in [-0.3, -0.25) is 0 Å². The van der Waals surface area contributed by atoms with Crippen LogP contribution in [0.25, 0.3) is 0 Å². The van der Waals surface area contributed by atoms with Gasteiger partial charge in [-0.2, -0.15) is 0 Å². The predicted octanol–water partition coefficient (Wildman–Crippen LogP) is 0.857. The minimum atomic E-state index is -0.631. The second kappa shape index (κ2) is 3.57. The molecule has 5 fully saturated rings. The zero-order chi connectivity index (χ0) is 17.0. The van der Waals surface area contributed by atoms with Gasteiger partial charge in [0.1, 0.15) is 36.1 Å². The van der Waals surface area contributed by atoms with Crippen LogP contribution in [0.4, 0.5) is 0 Å². The Labute approximate surface area is 145 Å². The Morgan fingerprint density at radius 3 is 2.88 bits per heavy atom. The number of hydrogen-bond donors (Lipinski definition) is 1. The molecule has 9 atom stereocenters. The fourth-order valence-corrected chi connectivity index (χ4v) is 7.46. The molecule has 0 aromatic rings. The van der Waals surface area contributed by atoms with Gasteiger partial charge in [0.15, 0.2) is 5.60 Å². The molecule has 3 saturated heterocycles. The van der Waals surface area contributed by atoms with Crippen LogP contribution in [0.2, 0.25) is 0 Å². The number of carbonyl (C=O) groups excluding carboxylic acids is 1. The smallest absolute Gasteiger partial charge is 0.334 e. The van der Waals surface area contributed by atoms with Crippen molar-refractivity contribution in [2.75, 3.05) is 6.61 Å². The van der Waals surface area contributed by atoms with Crippen molar-refractivity contribution in [3.63, 3.8) is 0 Å². The van der Waals surface area contributed by atoms with Gasteiger partial charge in [0.25, 0.3) is 0 Å². The van der Waals surface area contributed by atoms with Crippen molar-refractivity contribution in [2.45, 2.75) is 80.7 Å². The van der Waals surface area contributed by atoms with Crippen LogP contribution in [0.1, 0.15) is 39.5 Å². The van der Waals surface area contributed by atoms with E-state index in [0.29, 0.717) is 6.61 Å². The maximum absolute atomic E-state index is 12.0. The molecule has 7 aliphatic rings. The molecule has 0 bridgehead atoms. The summed E-state index contributed by atoms with van der Waals surface area (Å²) in [5.74, 6) is 0.0870. The molecule has 134 valence electrons. The number of ether oxygens (including phenoxy) is 4. The molecule has 6 heteroatoms. The molecule has 0 aromatic heterocycles. The van der Waals surface area contributed by atoms with Crippen LogP contribution in [0.5, 0.6) is 0 Å². The quantitative estimate of drug-likeness (QED) is 0.560. The standard InChI is InChI=1S/C19H22O6/c1-3-17-12(24-17)13-19(25-13)16(2)5-4-8-9(7-22-14(8)20)10(16)6-11-18(19,23-11)15(17)21/h10-13,15,21H,3-7H2,1-2H3/t10?,11-,12-,13-,15-,16-,17-,18+,19+/m0/s1. The van der Waals surface area contributed by atoms with Crippen molar-refractivity contribution in [3.8, 4) is 0 Å². The lowest BCUT2D eigenvalue weighted by Gasteiger charge is -2.53. The fraction of sp³-hybridized carbons (Fsp3) is 0.842. The first kappa shape index (κ1) is 14.2. The van der Waals surface area contributed by atoms with Crippen LogP contribution in [0, 0.1) is 11.3 Å². The Kier molecular flexibility index (Phi) is 2.02. The van der Waals surface area contributed by atoms with Gasteiger partial charge in [-0.05, 0) is 37.2 Å². The number of carbonyl (C=O) groups is 1. The normalized spacial score (nSPS) is 64.9. The van der Waals surface area contributed by atoms with Gasteiger partial charge in [0.2, 0.25) is 0 Å². The van der Waals surface area contributed by atoms with Gasteiger partial charge in [-0.25, -0.2) is 4.79 Å². The van der Waals surface area contributed by atoms with Gasteiger partial charge in [0, 0.05) is 11.0 Å². The number of aliphatic hydroxyl groups excluding tert-OH is 1. The van der Waals surface area contributed by atoms with Crippen LogP contribution >= 0.6 is 0 Å². The highest BCUT2D eigenvalue weighted by Crippen LogP contribution is 2.82. The lowest BCUT2D eigenvalue weighted by molar-refractivity contribution is -0.136. The first-order chi connectivity index (χ1) is 12.0. The first-order valence-electron chi connectivity index (χ1n) is 9.57. The van der Waals surface area contributed by atoms with Crippen LogP contribution < -0.4 is 0 Å². The number of esters is 1. The van der Waals surface area contributed by atoms with Crippen molar-refractivity contribution in [2.24, 2.45) is 11.3 Å². The largest absolute Gasteiger partial charge is 0.458 e. The SMILES string of the molecule is CC[C@]12O[C@H]1[C@@H]1O[C@]13[C@]1(O[C@H]1CC1C4=C(CC[C@@]13C)C(=O)OC4)[C@H]2O. The second-order valence-electron chi connectivity index (χ2n) is 9.21. The summed E-state index contributed by atoms with van der Waals surface area (Å²) in [4.78, 5) is 12.0. The van der Waals surface area contributed by atoms with E-state index >= 15 is 0 Å². The third-order valence-corrected chi connectivity index (χ3v) is 8.84. The summed E-state index contributed by atoms with van der Waals surface area (Å²) in [6.45, 7) is 4.76. The third kappa shape index (κ3) is 1.11. The zero-order valence-corrected chi connectivity index (χ0v) is 14.4. The molecular formula is C19H22O6. The molecule has 25 heavy (non-hydrogen) atoms. The summed E-state index contributed by atoms with van der Waals surface area (Å²) in [5.41, 5.74) is 0.319. The molecule has 1 N–H and O–H groups in total. The topological polar surface area (TPSA) is 84.1 Å². The summed E-state index contributed by atoms with van der Waals surface area (Å²) >= 11 is 0. The molecular weight excluding hydrogens is 324 g/mol. The molecule has 1 unspecified atom stereocenters. The second-order valence-corrected chi connectivity index (χ2v) is 9.21. The van der Waals surface area contributed by atoms with Gasteiger partial charge >= 0.3 is 5.97 Å². The van der Waals surface area contributed by atoms with Crippen molar-refractivity contribution in [1.82, 2.24) is 0 Å². The molecule has 0 aromatic carbocycles. The highest BCUT2D eigenvalue weighted by Gasteiger charge is 2.99. The van der Waals surface area contributed by atoms with E-state index in [9.17, 15) is 9.90 Å². The van der Waals surface area contributed by atoms with Gasteiger partial charge in [0.05, 0.1) is 6.10 Å². The lowest BCUT2D eigenvalue weighted by atomic mass is 9.47. The van der Waals surface area contributed by atoms with E-state index < -0.39 is 22.9 Å². The van der Waals surface area contributed by atoms with Gasteiger partial charge < -0.3 is 24.1 Å². The van der Waals surface area contributed by atoms with Crippen molar-refractivity contribution >= 4 is 5.97 Å². The Morgan fingerprint density at radius 2 is 2.08 bits per heavy atom. The maximum Gasteiger partial charge on any atom is 0.334 e. The zero-order valence-electron chi connectivity index (χ0n) is 14.4. The average Bonchev–Trinajstić information content (AvgIpc) is 3.48. The number of cyclic esters (lactones) is 1. The van der Waals surface area contributed by atoms with Crippen LogP contribution in [0.15, 0.2) is 11.1 Å². The molecule has 4 heterocycles. The van der Waals surface area contributed by atoms with E-state index in [2.05, 4.69) is 13.8 Å². The monoisotopic (exact) mass is 346 g/mol. The van der Waals surface area contributed by atoms with E-state index in [1.807, 2.05) is 0 Å². The number of hydrogen-bond acceptors (Lipinski definition) is 6. The summed E-state index contributed by atoms with van der Waals surface area (Å²) in [6.07, 6.45) is 2.58. The maximum atomic E-state index is 12.0.